The number of aromatic nitrogens is 3. The van der Waals surface area contributed by atoms with Crippen LogP contribution in [0.5, 0.6) is 0 Å². The average Bonchev–Trinajstić information content (AvgIpc) is 2.30. The van der Waals surface area contributed by atoms with Gasteiger partial charge in [0, 0.05) is 14.1 Å². The Morgan fingerprint density at radius 3 is 2.70 bits per heavy atom. The van der Waals surface area contributed by atoms with Gasteiger partial charge in [0.1, 0.15) is 0 Å². The molecule has 6 heteroatoms. The second kappa shape index (κ2) is 2.42. The fourth-order valence-electron chi connectivity index (χ4n) is 0.672. The van der Waals surface area contributed by atoms with Crippen molar-refractivity contribution >= 4 is 5.95 Å². The molecule has 1 rings (SSSR count). The van der Waals surface area contributed by atoms with E-state index >= 15 is 0 Å². The fraction of sp³-hybridized carbons (Fsp3) is 0.500. The summed E-state index contributed by atoms with van der Waals surface area (Å²) in [6, 6.07) is 0. The van der Waals surface area contributed by atoms with E-state index in [1.165, 1.54) is 4.68 Å². The lowest BCUT2D eigenvalue weighted by molar-refractivity contribution is 0.878. The van der Waals surface area contributed by atoms with E-state index in [4.69, 9.17) is 0 Å². The molecule has 1 aromatic heterocycles. The Bertz CT molecular complexity index is 261. The molecule has 0 saturated carbocycles. The molecule has 10 heavy (non-hydrogen) atoms. The largest absolute Gasteiger partial charge is 0.363 e. The highest BCUT2D eigenvalue weighted by Gasteiger charge is 2.01. The van der Waals surface area contributed by atoms with Gasteiger partial charge in [-0.25, -0.2) is 9.89 Å². The second-order valence-electron chi connectivity index (χ2n) is 1.66. The van der Waals surface area contributed by atoms with Crippen molar-refractivity contribution in [3.8, 4) is 0 Å². The number of H-pyrrole nitrogens is 1. The van der Waals surface area contributed by atoms with Crippen LogP contribution in [0.15, 0.2) is 4.79 Å². The zero-order valence-electron chi connectivity index (χ0n) is 5.80. The molecule has 0 radical (unpaired) electrons. The van der Waals surface area contributed by atoms with Crippen molar-refractivity contribution in [3.05, 3.63) is 10.5 Å². The molecule has 6 nitrogen and oxygen atoms in total. The maximum absolute atomic E-state index is 10.8. The lowest BCUT2D eigenvalue weighted by Gasteiger charge is -2.00. The molecule has 3 N–H and O–H groups in total. The third kappa shape index (κ3) is 0.831. The van der Waals surface area contributed by atoms with Gasteiger partial charge in [-0.1, -0.05) is 0 Å². The van der Waals surface area contributed by atoms with Crippen LogP contribution in [-0.4, -0.2) is 29.0 Å². The summed E-state index contributed by atoms with van der Waals surface area (Å²) in [5.74, 6) is 0.465. The average molecular weight is 143 g/mol. The normalized spacial score (nSPS) is 9.40. The number of anilines is 1. The van der Waals surface area contributed by atoms with E-state index in [-0.39, 0.29) is 5.69 Å². The Kier molecular flexibility index (Phi) is 1.61. The van der Waals surface area contributed by atoms with Crippen molar-refractivity contribution < 1.29 is 0 Å². The Morgan fingerprint density at radius 2 is 2.30 bits per heavy atom. The summed E-state index contributed by atoms with van der Waals surface area (Å²) in [5.41, 5.74) is 2.36. The number of hydrogen-bond donors (Lipinski definition) is 3. The van der Waals surface area contributed by atoms with Crippen LogP contribution in [0.1, 0.15) is 0 Å². The molecule has 0 unspecified atom stereocenters. The van der Waals surface area contributed by atoms with Gasteiger partial charge in [-0.15, -0.1) is 5.10 Å². The van der Waals surface area contributed by atoms with E-state index in [0.717, 1.165) is 0 Å². The van der Waals surface area contributed by atoms with Crippen LogP contribution in [0, 0.1) is 0 Å². The number of aromatic amines is 1. The Labute approximate surface area is 57.2 Å². The molecule has 0 atom stereocenters. The zero-order valence-corrected chi connectivity index (χ0v) is 5.80. The summed E-state index contributed by atoms with van der Waals surface area (Å²) in [4.78, 5) is 10.8. The summed E-state index contributed by atoms with van der Waals surface area (Å²) >= 11 is 0. The van der Waals surface area contributed by atoms with E-state index in [2.05, 4.69) is 20.9 Å². The lowest BCUT2D eigenvalue weighted by Crippen LogP contribution is -2.24. The van der Waals surface area contributed by atoms with E-state index in [1.54, 1.807) is 14.1 Å². The molecule has 0 fully saturated rings. The van der Waals surface area contributed by atoms with Crippen LogP contribution >= 0.6 is 0 Å². The predicted octanol–water partition coefficient (Wildman–Crippen LogP) is -1.21. The van der Waals surface area contributed by atoms with Crippen molar-refractivity contribution in [3.63, 3.8) is 0 Å². The van der Waals surface area contributed by atoms with Crippen molar-refractivity contribution in [2.24, 2.45) is 0 Å². The first-order chi connectivity index (χ1) is 4.79. The molecule has 0 aliphatic rings. The van der Waals surface area contributed by atoms with Gasteiger partial charge in [-0.2, -0.15) is 4.68 Å². The molecule has 0 aliphatic carbocycles. The first-order valence-corrected chi connectivity index (χ1v) is 2.82. The van der Waals surface area contributed by atoms with Crippen LogP contribution in [0.2, 0.25) is 0 Å². The van der Waals surface area contributed by atoms with E-state index in [9.17, 15) is 4.79 Å². The van der Waals surface area contributed by atoms with Gasteiger partial charge < -0.3 is 10.7 Å². The Hall–Kier alpha value is -1.46. The molecule has 0 bridgehead atoms. The number of nitrogens with zero attached hydrogens (tertiary/aromatic N) is 2. The minimum absolute atomic E-state index is 0.285. The lowest BCUT2D eigenvalue weighted by atomic mass is 11.0. The molecule has 0 saturated heterocycles. The minimum Gasteiger partial charge on any atom is -0.356 e. The van der Waals surface area contributed by atoms with Crippen LogP contribution in [0.25, 0.3) is 0 Å². The van der Waals surface area contributed by atoms with Crippen molar-refractivity contribution in [1.29, 1.82) is 0 Å². The molecular formula is C4H9N5O. The molecule has 56 valence electrons. The van der Waals surface area contributed by atoms with Gasteiger partial charge in [-0.3, -0.25) is 0 Å². The van der Waals surface area contributed by atoms with Crippen LogP contribution in [0.4, 0.5) is 5.95 Å². The van der Waals surface area contributed by atoms with Crippen molar-refractivity contribution in [2.75, 3.05) is 24.8 Å². The van der Waals surface area contributed by atoms with Gasteiger partial charge >= 0.3 is 5.69 Å². The number of hydrogen-bond acceptors (Lipinski definition) is 4. The van der Waals surface area contributed by atoms with E-state index in [1.807, 2.05) is 0 Å². The highest BCUT2D eigenvalue weighted by molar-refractivity contribution is 5.22. The van der Waals surface area contributed by atoms with Crippen LogP contribution in [0.3, 0.4) is 0 Å². The molecular weight excluding hydrogens is 134 g/mol. The summed E-state index contributed by atoms with van der Waals surface area (Å²) in [5, 5.41) is 8.65. The van der Waals surface area contributed by atoms with Crippen LogP contribution < -0.4 is 16.4 Å². The van der Waals surface area contributed by atoms with Gasteiger partial charge in [0.25, 0.3) is 0 Å². The molecule has 0 amide bonds. The highest BCUT2D eigenvalue weighted by atomic mass is 16.2. The number of rotatable bonds is 2. The molecule has 1 heterocycles. The maximum atomic E-state index is 10.8. The predicted molar refractivity (Wildman–Crippen MR) is 37.7 cm³/mol. The minimum atomic E-state index is -0.285. The van der Waals surface area contributed by atoms with Crippen molar-refractivity contribution in [2.45, 2.75) is 0 Å². The SMILES string of the molecule is CNc1n[nH]c(=O)n1NC. The van der Waals surface area contributed by atoms with Crippen molar-refractivity contribution in [1.82, 2.24) is 14.9 Å². The summed E-state index contributed by atoms with van der Waals surface area (Å²) < 4.78 is 1.26. The highest BCUT2D eigenvalue weighted by Crippen LogP contribution is 1.89. The Balaban J connectivity index is 3.13. The molecule has 1 aromatic rings. The fourth-order valence-corrected chi connectivity index (χ4v) is 0.672. The summed E-state index contributed by atoms with van der Waals surface area (Å²) in [6.45, 7) is 0. The quantitative estimate of drug-likeness (QED) is 0.485. The second-order valence-corrected chi connectivity index (χ2v) is 1.66. The summed E-state index contributed by atoms with van der Waals surface area (Å²) in [7, 11) is 3.32. The van der Waals surface area contributed by atoms with Crippen LogP contribution in [-0.2, 0) is 0 Å². The van der Waals surface area contributed by atoms with E-state index < -0.39 is 0 Å². The maximum Gasteiger partial charge on any atom is 0.363 e. The monoisotopic (exact) mass is 143 g/mol. The molecule has 0 spiro atoms. The van der Waals surface area contributed by atoms with E-state index in [0.29, 0.717) is 5.95 Å². The van der Waals surface area contributed by atoms with Gasteiger partial charge in [0.15, 0.2) is 0 Å². The standard InChI is InChI=1S/C4H9N5O/c1-5-3-7-8-4(10)9(3)6-2/h6H,1-2H3,(H,5,7)(H,8,10). The topological polar surface area (TPSA) is 74.7 Å². The first kappa shape index (κ1) is 6.66. The van der Waals surface area contributed by atoms with Gasteiger partial charge in [0.05, 0.1) is 0 Å². The summed E-state index contributed by atoms with van der Waals surface area (Å²) in [6.07, 6.45) is 0. The molecule has 0 aliphatic heterocycles. The first-order valence-electron chi connectivity index (χ1n) is 2.82. The number of nitrogens with one attached hydrogen (secondary N) is 3. The Morgan fingerprint density at radius 1 is 1.60 bits per heavy atom. The van der Waals surface area contributed by atoms with Gasteiger partial charge in [0.2, 0.25) is 5.95 Å². The molecule has 0 aromatic carbocycles. The smallest absolute Gasteiger partial charge is 0.356 e. The third-order valence-corrected chi connectivity index (χ3v) is 1.12. The van der Waals surface area contributed by atoms with Gasteiger partial charge in [-0.05, 0) is 0 Å². The zero-order chi connectivity index (χ0) is 7.56. The third-order valence-electron chi connectivity index (χ3n) is 1.12.